The van der Waals surface area contributed by atoms with Gasteiger partial charge in [0.05, 0.1) is 8.07 Å². The maximum Gasteiger partial charge on any atom is 0.0682 e. The van der Waals surface area contributed by atoms with Gasteiger partial charge in [-0.1, -0.05) is 49.8 Å². The van der Waals surface area contributed by atoms with Gasteiger partial charge in [-0.15, -0.1) is 11.6 Å². The van der Waals surface area contributed by atoms with Gasteiger partial charge >= 0.3 is 0 Å². The zero-order chi connectivity index (χ0) is 10.6. The molecule has 0 aliphatic heterocycles. The average Bonchev–Trinajstić information content (AvgIpc) is 2.19. The molecule has 0 fully saturated rings. The Morgan fingerprint density at radius 1 is 1.07 bits per heavy atom. The molecule has 2 heteroatoms. The van der Waals surface area contributed by atoms with Gasteiger partial charge in [0.25, 0.3) is 0 Å². The predicted molar refractivity (Wildman–Crippen MR) is 67.7 cm³/mol. The molecule has 0 saturated carbocycles. The van der Waals surface area contributed by atoms with Gasteiger partial charge in [0.15, 0.2) is 0 Å². The molecule has 1 rings (SSSR count). The van der Waals surface area contributed by atoms with Crippen LogP contribution in [0.15, 0.2) is 24.3 Å². The summed E-state index contributed by atoms with van der Waals surface area (Å²) in [7, 11) is -1.18. The van der Waals surface area contributed by atoms with E-state index in [-0.39, 0.29) is 0 Å². The number of aryl methyl sites for hydroxylation is 1. The Kier molecular flexibility index (Phi) is 4.21. The normalized spacial score (nSPS) is 11.7. The van der Waals surface area contributed by atoms with Crippen LogP contribution in [0.2, 0.25) is 13.1 Å². The Balaban J connectivity index is 2.69. The third kappa shape index (κ3) is 3.47. The number of hydrogen-bond acceptors (Lipinski definition) is 0. The minimum Gasteiger partial charge on any atom is -0.130 e. The highest BCUT2D eigenvalue weighted by atomic mass is 35.5. The molecule has 0 atom stereocenters. The molecule has 0 aliphatic carbocycles. The lowest BCUT2D eigenvalue weighted by molar-refractivity contribution is 1.13. The summed E-state index contributed by atoms with van der Waals surface area (Å²) >= 11 is 5.96. The maximum absolute atomic E-state index is 5.96. The minimum absolute atomic E-state index is 0.850. The molecule has 0 heterocycles. The summed E-state index contributed by atoms with van der Waals surface area (Å²) in [6.07, 6.45) is 1.12. The monoisotopic (exact) mass is 226 g/mol. The molecule has 14 heavy (non-hydrogen) atoms. The van der Waals surface area contributed by atoms with Gasteiger partial charge in [0.1, 0.15) is 0 Å². The minimum atomic E-state index is -1.18. The predicted octanol–water partition coefficient (Wildman–Crippen LogP) is 3.82. The van der Waals surface area contributed by atoms with Crippen LogP contribution in [0, 0.1) is 0 Å². The molecule has 0 saturated heterocycles. The van der Waals surface area contributed by atoms with Gasteiger partial charge in [-0.2, -0.15) is 0 Å². The summed E-state index contributed by atoms with van der Waals surface area (Å²) in [5, 5.41) is 0. The highest BCUT2D eigenvalue weighted by Crippen LogP contribution is 2.14. The van der Waals surface area contributed by atoms with E-state index < -0.39 is 8.07 Å². The van der Waals surface area contributed by atoms with Crippen LogP contribution in [0.1, 0.15) is 18.1 Å². The second-order valence-corrected chi connectivity index (χ2v) is 10.4. The molecule has 1 aromatic carbocycles. The summed E-state index contributed by atoms with van der Waals surface area (Å²) in [5.74, 6) is 0. The fourth-order valence-electron chi connectivity index (χ4n) is 1.49. The number of alkyl halides is 1. The van der Waals surface area contributed by atoms with Gasteiger partial charge in [-0.05, 0) is 18.0 Å². The first kappa shape index (κ1) is 11.8. The summed E-state index contributed by atoms with van der Waals surface area (Å²) in [6, 6.07) is 10.2. The van der Waals surface area contributed by atoms with Gasteiger partial charge < -0.3 is 0 Å². The van der Waals surface area contributed by atoms with E-state index in [1.54, 1.807) is 0 Å². The molecular weight excluding hydrogens is 208 g/mol. The molecule has 0 nitrogen and oxygen atoms in total. The van der Waals surface area contributed by atoms with Crippen LogP contribution >= 0.6 is 11.6 Å². The van der Waals surface area contributed by atoms with Crippen molar-refractivity contribution in [1.82, 2.24) is 0 Å². The van der Waals surface area contributed by atoms with Crippen molar-refractivity contribution >= 4 is 19.7 Å². The summed E-state index contributed by atoms with van der Waals surface area (Å²) in [4.78, 5) is 0. The van der Waals surface area contributed by atoms with Gasteiger partial charge in [0, 0.05) is 5.50 Å². The molecule has 78 valence electrons. The topological polar surface area (TPSA) is 0 Å². The van der Waals surface area contributed by atoms with Crippen molar-refractivity contribution in [3.63, 3.8) is 0 Å². The van der Waals surface area contributed by atoms with E-state index in [1.165, 1.54) is 17.2 Å². The maximum atomic E-state index is 5.96. The van der Waals surface area contributed by atoms with Crippen molar-refractivity contribution in [2.45, 2.75) is 32.5 Å². The lowest BCUT2D eigenvalue weighted by Gasteiger charge is -2.18. The molecular formula is C12H19ClSi. The standard InChI is InChI=1S/C12H19ClSi/c1-4-11-5-7-12(8-6-11)9-14(2,3)10-13/h5-8H,4,9-10H2,1-3H3. The smallest absolute Gasteiger partial charge is 0.0682 e. The van der Waals surface area contributed by atoms with E-state index in [0.717, 1.165) is 11.9 Å². The zero-order valence-electron chi connectivity index (χ0n) is 9.31. The number of hydrogen-bond donors (Lipinski definition) is 0. The summed E-state index contributed by atoms with van der Waals surface area (Å²) in [5.41, 5.74) is 3.71. The third-order valence-corrected chi connectivity index (χ3v) is 6.74. The van der Waals surface area contributed by atoms with Crippen LogP contribution in [0.25, 0.3) is 0 Å². The highest BCUT2D eigenvalue weighted by molar-refractivity contribution is 6.82. The van der Waals surface area contributed by atoms with Crippen molar-refractivity contribution in [2.75, 3.05) is 5.50 Å². The van der Waals surface area contributed by atoms with Crippen molar-refractivity contribution < 1.29 is 0 Å². The molecule has 0 N–H and O–H groups in total. The van der Waals surface area contributed by atoms with Crippen LogP contribution in [-0.4, -0.2) is 13.6 Å². The third-order valence-electron chi connectivity index (χ3n) is 2.48. The Bertz CT molecular complexity index is 277. The molecule has 0 bridgehead atoms. The molecule has 0 unspecified atom stereocenters. The van der Waals surface area contributed by atoms with Crippen LogP contribution in [-0.2, 0) is 12.5 Å². The second kappa shape index (κ2) is 4.99. The van der Waals surface area contributed by atoms with Gasteiger partial charge in [0.2, 0.25) is 0 Å². The lowest BCUT2D eigenvalue weighted by atomic mass is 10.1. The quantitative estimate of drug-likeness (QED) is 0.541. The van der Waals surface area contributed by atoms with Gasteiger partial charge in [-0.25, -0.2) is 0 Å². The Morgan fingerprint density at radius 3 is 2.00 bits per heavy atom. The highest BCUT2D eigenvalue weighted by Gasteiger charge is 2.19. The van der Waals surface area contributed by atoms with E-state index in [2.05, 4.69) is 44.3 Å². The second-order valence-electron chi connectivity index (χ2n) is 4.64. The van der Waals surface area contributed by atoms with Crippen molar-refractivity contribution in [3.8, 4) is 0 Å². The van der Waals surface area contributed by atoms with Crippen molar-refractivity contribution in [2.24, 2.45) is 0 Å². The number of halogens is 1. The first-order chi connectivity index (χ1) is 6.57. The fourth-order valence-corrected chi connectivity index (χ4v) is 3.21. The molecule has 0 aromatic heterocycles. The first-order valence-electron chi connectivity index (χ1n) is 5.21. The van der Waals surface area contributed by atoms with Crippen LogP contribution in [0.5, 0.6) is 0 Å². The van der Waals surface area contributed by atoms with Crippen LogP contribution < -0.4 is 0 Å². The summed E-state index contributed by atoms with van der Waals surface area (Å²) < 4.78 is 0. The molecule has 1 aromatic rings. The zero-order valence-corrected chi connectivity index (χ0v) is 11.1. The van der Waals surface area contributed by atoms with Crippen LogP contribution in [0.3, 0.4) is 0 Å². The average molecular weight is 227 g/mol. The van der Waals surface area contributed by atoms with Gasteiger partial charge in [-0.3, -0.25) is 0 Å². The first-order valence-corrected chi connectivity index (χ1v) is 9.16. The van der Waals surface area contributed by atoms with E-state index in [4.69, 9.17) is 11.6 Å². The van der Waals surface area contributed by atoms with Crippen molar-refractivity contribution in [1.29, 1.82) is 0 Å². The molecule has 0 radical (unpaired) electrons. The van der Waals surface area contributed by atoms with E-state index in [9.17, 15) is 0 Å². The number of benzene rings is 1. The summed E-state index contributed by atoms with van der Waals surface area (Å²) in [6.45, 7) is 6.87. The Labute approximate surface area is 93.3 Å². The molecule has 0 spiro atoms. The molecule has 0 amide bonds. The van der Waals surface area contributed by atoms with E-state index in [0.29, 0.717) is 0 Å². The fraction of sp³-hybridized carbons (Fsp3) is 0.500. The lowest BCUT2D eigenvalue weighted by Crippen LogP contribution is -2.31. The van der Waals surface area contributed by atoms with E-state index in [1.807, 2.05) is 0 Å². The van der Waals surface area contributed by atoms with E-state index >= 15 is 0 Å². The largest absolute Gasteiger partial charge is 0.130 e. The van der Waals surface area contributed by atoms with Crippen LogP contribution in [0.4, 0.5) is 0 Å². The van der Waals surface area contributed by atoms with Crippen molar-refractivity contribution in [3.05, 3.63) is 35.4 Å². The SMILES string of the molecule is CCc1ccc(C[Si](C)(C)CCl)cc1. The molecule has 0 aliphatic rings. The number of rotatable bonds is 4. The Hall–Kier alpha value is -0.273. The Morgan fingerprint density at radius 2 is 1.57 bits per heavy atom.